The van der Waals surface area contributed by atoms with E-state index in [1.54, 1.807) is 44.3 Å². The lowest BCUT2D eigenvalue weighted by atomic mass is 10.0. The van der Waals surface area contributed by atoms with Gasteiger partial charge < -0.3 is 5.32 Å². The summed E-state index contributed by atoms with van der Waals surface area (Å²) in [7, 11) is 1.54. The fourth-order valence-electron chi connectivity index (χ4n) is 2.92. The SMILES string of the molecule is CCNC(=O)NC(=O)C(c1ccccc1)N(C)Cc1ccccc1C(F)(F)F. The Morgan fingerprint density at radius 1 is 1.04 bits per heavy atom. The number of halogens is 3. The lowest BCUT2D eigenvalue weighted by Gasteiger charge is -2.28. The Balaban J connectivity index is 2.31. The van der Waals surface area contributed by atoms with Gasteiger partial charge in [-0.2, -0.15) is 13.2 Å². The number of imide groups is 1. The topological polar surface area (TPSA) is 61.4 Å². The fraction of sp³-hybridized carbons (Fsp3) is 0.300. The van der Waals surface area contributed by atoms with Gasteiger partial charge in [0.15, 0.2) is 0 Å². The number of nitrogens with one attached hydrogen (secondary N) is 2. The highest BCUT2D eigenvalue weighted by Crippen LogP contribution is 2.33. The van der Waals surface area contributed by atoms with Crippen LogP contribution in [0.5, 0.6) is 0 Å². The maximum atomic E-state index is 13.3. The number of carbonyl (C=O) groups excluding carboxylic acids is 2. The van der Waals surface area contributed by atoms with Gasteiger partial charge in [-0.15, -0.1) is 0 Å². The number of likely N-dealkylation sites (N-methyl/N-ethyl adjacent to an activating group) is 1. The Morgan fingerprint density at radius 2 is 1.64 bits per heavy atom. The van der Waals surface area contributed by atoms with Gasteiger partial charge in [0.2, 0.25) is 5.91 Å². The van der Waals surface area contributed by atoms with E-state index in [1.165, 1.54) is 23.1 Å². The summed E-state index contributed by atoms with van der Waals surface area (Å²) < 4.78 is 39.9. The Morgan fingerprint density at radius 3 is 2.25 bits per heavy atom. The third kappa shape index (κ3) is 5.56. The summed E-state index contributed by atoms with van der Waals surface area (Å²) >= 11 is 0. The van der Waals surface area contributed by atoms with E-state index in [2.05, 4.69) is 10.6 Å². The van der Waals surface area contributed by atoms with Crippen LogP contribution < -0.4 is 10.6 Å². The van der Waals surface area contributed by atoms with Crippen molar-refractivity contribution in [2.75, 3.05) is 13.6 Å². The number of hydrogen-bond donors (Lipinski definition) is 2. The number of carbonyl (C=O) groups is 2. The average Bonchev–Trinajstić information content (AvgIpc) is 2.62. The molecule has 0 saturated heterocycles. The normalized spacial score (nSPS) is 12.5. The molecular weight excluding hydrogens is 371 g/mol. The monoisotopic (exact) mass is 393 g/mol. The van der Waals surface area contributed by atoms with Crippen molar-refractivity contribution in [1.29, 1.82) is 0 Å². The molecule has 0 aliphatic carbocycles. The van der Waals surface area contributed by atoms with E-state index in [4.69, 9.17) is 0 Å². The van der Waals surface area contributed by atoms with Gasteiger partial charge in [-0.25, -0.2) is 4.79 Å². The zero-order chi connectivity index (χ0) is 20.7. The van der Waals surface area contributed by atoms with Crippen molar-refractivity contribution < 1.29 is 22.8 Å². The molecule has 1 atom stereocenters. The number of urea groups is 1. The third-order valence-electron chi connectivity index (χ3n) is 4.12. The number of amides is 3. The first kappa shape index (κ1) is 21.4. The highest BCUT2D eigenvalue weighted by molar-refractivity contribution is 5.97. The Labute approximate surface area is 161 Å². The molecule has 0 aromatic heterocycles. The smallest absolute Gasteiger partial charge is 0.338 e. The summed E-state index contributed by atoms with van der Waals surface area (Å²) in [4.78, 5) is 25.9. The molecule has 0 fully saturated rings. The molecule has 1 unspecified atom stereocenters. The van der Waals surface area contributed by atoms with Crippen LogP contribution in [0.2, 0.25) is 0 Å². The number of alkyl halides is 3. The summed E-state index contributed by atoms with van der Waals surface area (Å²) in [5.41, 5.74) is -0.140. The van der Waals surface area contributed by atoms with E-state index >= 15 is 0 Å². The Kier molecular flexibility index (Phi) is 7.17. The molecule has 2 aromatic carbocycles. The maximum Gasteiger partial charge on any atom is 0.416 e. The van der Waals surface area contributed by atoms with E-state index in [-0.39, 0.29) is 12.1 Å². The van der Waals surface area contributed by atoms with Gasteiger partial charge in [-0.3, -0.25) is 15.0 Å². The summed E-state index contributed by atoms with van der Waals surface area (Å²) in [5.74, 6) is -0.621. The van der Waals surface area contributed by atoms with Crippen molar-refractivity contribution in [2.45, 2.75) is 25.7 Å². The standard InChI is InChI=1S/C20H22F3N3O2/c1-3-24-19(28)25-18(27)17(14-9-5-4-6-10-14)26(2)13-15-11-7-8-12-16(15)20(21,22)23/h4-12,17H,3,13H2,1-2H3,(H2,24,25,27,28). The van der Waals surface area contributed by atoms with Gasteiger partial charge >= 0.3 is 12.2 Å². The van der Waals surface area contributed by atoms with Crippen LogP contribution in [0, 0.1) is 0 Å². The molecule has 2 N–H and O–H groups in total. The molecule has 3 amide bonds. The molecule has 0 bridgehead atoms. The molecular formula is C20H22F3N3O2. The third-order valence-corrected chi connectivity index (χ3v) is 4.12. The molecule has 150 valence electrons. The zero-order valence-electron chi connectivity index (χ0n) is 15.6. The van der Waals surface area contributed by atoms with Crippen molar-refractivity contribution in [3.8, 4) is 0 Å². The second-order valence-electron chi connectivity index (χ2n) is 6.23. The van der Waals surface area contributed by atoms with E-state index < -0.39 is 29.7 Å². The Bertz CT molecular complexity index is 810. The molecule has 8 heteroatoms. The van der Waals surface area contributed by atoms with Crippen molar-refractivity contribution in [3.63, 3.8) is 0 Å². The van der Waals surface area contributed by atoms with Crippen molar-refractivity contribution in [3.05, 3.63) is 71.3 Å². The molecule has 28 heavy (non-hydrogen) atoms. The second-order valence-corrected chi connectivity index (χ2v) is 6.23. The van der Waals surface area contributed by atoms with Crippen molar-refractivity contribution >= 4 is 11.9 Å². The van der Waals surface area contributed by atoms with Crippen LogP contribution in [-0.2, 0) is 17.5 Å². The van der Waals surface area contributed by atoms with Gasteiger partial charge in [0.1, 0.15) is 6.04 Å². The molecule has 0 aliphatic rings. The van der Waals surface area contributed by atoms with Crippen molar-refractivity contribution in [2.24, 2.45) is 0 Å². The first-order valence-electron chi connectivity index (χ1n) is 8.73. The molecule has 5 nitrogen and oxygen atoms in total. The van der Waals surface area contributed by atoms with E-state index in [9.17, 15) is 22.8 Å². The molecule has 0 radical (unpaired) electrons. The summed E-state index contributed by atoms with van der Waals surface area (Å²) in [6, 6.07) is 12.2. The van der Waals surface area contributed by atoms with E-state index in [1.807, 2.05) is 0 Å². The predicted molar refractivity (Wildman–Crippen MR) is 99.3 cm³/mol. The van der Waals surface area contributed by atoms with Crippen LogP contribution >= 0.6 is 0 Å². The highest BCUT2D eigenvalue weighted by Gasteiger charge is 2.34. The Hall–Kier alpha value is -2.87. The maximum absolute atomic E-state index is 13.3. The lowest BCUT2D eigenvalue weighted by Crippen LogP contribution is -2.45. The van der Waals surface area contributed by atoms with Gasteiger partial charge in [-0.05, 0) is 31.2 Å². The van der Waals surface area contributed by atoms with Crippen LogP contribution in [0.4, 0.5) is 18.0 Å². The average molecular weight is 393 g/mol. The largest absolute Gasteiger partial charge is 0.416 e. The summed E-state index contributed by atoms with van der Waals surface area (Å²) in [6.07, 6.45) is -4.50. The minimum absolute atomic E-state index is 0.0456. The van der Waals surface area contributed by atoms with Gasteiger partial charge in [-0.1, -0.05) is 48.5 Å². The molecule has 0 spiro atoms. The minimum Gasteiger partial charge on any atom is -0.338 e. The van der Waals surface area contributed by atoms with Crippen molar-refractivity contribution in [1.82, 2.24) is 15.5 Å². The summed E-state index contributed by atoms with van der Waals surface area (Å²) in [6.45, 7) is 1.92. The van der Waals surface area contributed by atoms with Crippen LogP contribution in [0.1, 0.15) is 29.7 Å². The molecule has 2 aromatic rings. The molecule has 0 heterocycles. The first-order chi connectivity index (χ1) is 13.2. The number of benzene rings is 2. The van der Waals surface area contributed by atoms with Gasteiger partial charge in [0.05, 0.1) is 5.56 Å². The molecule has 0 aliphatic heterocycles. The number of hydrogen-bond acceptors (Lipinski definition) is 3. The van der Waals surface area contributed by atoms with Crippen LogP contribution in [0.3, 0.4) is 0 Å². The molecule has 0 saturated carbocycles. The molecule has 2 rings (SSSR count). The number of nitrogens with zero attached hydrogens (tertiary/aromatic N) is 1. The van der Waals surface area contributed by atoms with E-state index in [0.717, 1.165) is 6.07 Å². The van der Waals surface area contributed by atoms with Gasteiger partial charge in [0, 0.05) is 13.1 Å². The van der Waals surface area contributed by atoms with E-state index in [0.29, 0.717) is 12.1 Å². The zero-order valence-corrected chi connectivity index (χ0v) is 15.6. The quantitative estimate of drug-likeness (QED) is 0.786. The van der Waals surface area contributed by atoms with Crippen LogP contribution in [0.15, 0.2) is 54.6 Å². The van der Waals surface area contributed by atoms with Gasteiger partial charge in [0.25, 0.3) is 0 Å². The predicted octanol–water partition coefficient (Wildman–Crippen LogP) is 3.72. The lowest BCUT2D eigenvalue weighted by molar-refractivity contribution is -0.138. The fourth-order valence-corrected chi connectivity index (χ4v) is 2.92. The van der Waals surface area contributed by atoms with Crippen LogP contribution in [-0.4, -0.2) is 30.4 Å². The highest BCUT2D eigenvalue weighted by atomic mass is 19.4. The first-order valence-corrected chi connectivity index (χ1v) is 8.73. The number of rotatable bonds is 6. The second kappa shape index (κ2) is 9.36. The van der Waals surface area contributed by atoms with Crippen LogP contribution in [0.25, 0.3) is 0 Å². The summed E-state index contributed by atoms with van der Waals surface area (Å²) in [5, 5.41) is 4.70. The minimum atomic E-state index is -4.50.